The van der Waals surface area contributed by atoms with Gasteiger partial charge < -0.3 is 10.1 Å². The van der Waals surface area contributed by atoms with Crippen LogP contribution in [0.5, 0.6) is 0 Å². The van der Waals surface area contributed by atoms with Crippen LogP contribution in [0.1, 0.15) is 44.7 Å². The van der Waals surface area contributed by atoms with Crippen LogP contribution in [0.3, 0.4) is 0 Å². The summed E-state index contributed by atoms with van der Waals surface area (Å²) < 4.78 is 19.3. The maximum atomic E-state index is 13.7. The van der Waals surface area contributed by atoms with Gasteiger partial charge in [-0.05, 0) is 19.0 Å². The maximum Gasteiger partial charge on any atom is 0.128 e. The SMILES string of the molecule is CCCCCOCC(NCC)c1ccccc1F. The number of hydrogen-bond donors (Lipinski definition) is 1. The van der Waals surface area contributed by atoms with Crippen LogP contribution in [0.2, 0.25) is 0 Å². The van der Waals surface area contributed by atoms with E-state index in [1.807, 2.05) is 19.1 Å². The topological polar surface area (TPSA) is 21.3 Å². The van der Waals surface area contributed by atoms with E-state index in [4.69, 9.17) is 4.74 Å². The molecule has 0 amide bonds. The first-order valence-electron chi connectivity index (χ1n) is 6.85. The summed E-state index contributed by atoms with van der Waals surface area (Å²) in [4.78, 5) is 0. The van der Waals surface area contributed by atoms with Crippen LogP contribution in [0, 0.1) is 5.82 Å². The number of unbranched alkanes of at least 4 members (excludes halogenated alkanes) is 2. The zero-order valence-corrected chi connectivity index (χ0v) is 11.4. The average molecular weight is 253 g/mol. The molecule has 102 valence electrons. The summed E-state index contributed by atoms with van der Waals surface area (Å²) in [6.45, 7) is 6.27. The second-order valence-electron chi connectivity index (χ2n) is 4.41. The highest BCUT2D eigenvalue weighted by atomic mass is 19.1. The highest BCUT2D eigenvalue weighted by Crippen LogP contribution is 2.17. The monoisotopic (exact) mass is 253 g/mol. The standard InChI is InChI=1S/C15H24FNO/c1-3-5-8-11-18-12-15(17-4-2)13-9-6-7-10-14(13)16/h6-7,9-10,15,17H,3-5,8,11-12H2,1-2H3. The van der Waals surface area contributed by atoms with Gasteiger partial charge in [-0.1, -0.05) is 44.9 Å². The summed E-state index contributed by atoms with van der Waals surface area (Å²) in [5, 5.41) is 3.27. The van der Waals surface area contributed by atoms with Gasteiger partial charge in [-0.2, -0.15) is 0 Å². The highest BCUT2D eigenvalue weighted by Gasteiger charge is 2.14. The maximum absolute atomic E-state index is 13.7. The van der Waals surface area contributed by atoms with E-state index in [9.17, 15) is 4.39 Å². The highest BCUT2D eigenvalue weighted by molar-refractivity contribution is 5.21. The summed E-state index contributed by atoms with van der Waals surface area (Å²) in [5.41, 5.74) is 0.690. The molecule has 0 radical (unpaired) electrons. The summed E-state index contributed by atoms with van der Waals surface area (Å²) in [6, 6.07) is 6.83. The third-order valence-electron chi connectivity index (χ3n) is 2.91. The molecular weight excluding hydrogens is 229 g/mol. The van der Waals surface area contributed by atoms with Gasteiger partial charge in [0, 0.05) is 12.2 Å². The van der Waals surface area contributed by atoms with Crippen molar-refractivity contribution in [1.82, 2.24) is 5.32 Å². The zero-order valence-electron chi connectivity index (χ0n) is 11.4. The minimum absolute atomic E-state index is 0.0576. The molecule has 2 nitrogen and oxygen atoms in total. The number of nitrogens with one attached hydrogen (secondary N) is 1. The summed E-state index contributed by atoms with van der Waals surface area (Å²) >= 11 is 0. The van der Waals surface area contributed by atoms with Crippen LogP contribution < -0.4 is 5.32 Å². The lowest BCUT2D eigenvalue weighted by Crippen LogP contribution is -2.26. The van der Waals surface area contributed by atoms with E-state index in [-0.39, 0.29) is 11.9 Å². The average Bonchev–Trinajstić information content (AvgIpc) is 2.38. The van der Waals surface area contributed by atoms with E-state index in [2.05, 4.69) is 12.2 Å². The molecule has 0 aromatic heterocycles. The Kier molecular flexibility index (Phi) is 7.62. The van der Waals surface area contributed by atoms with Gasteiger partial charge in [0.2, 0.25) is 0 Å². The largest absolute Gasteiger partial charge is 0.379 e. The molecule has 18 heavy (non-hydrogen) atoms. The van der Waals surface area contributed by atoms with Crippen LogP contribution in [0.15, 0.2) is 24.3 Å². The van der Waals surface area contributed by atoms with Crippen molar-refractivity contribution in [1.29, 1.82) is 0 Å². The molecule has 1 aromatic carbocycles. The normalized spacial score (nSPS) is 12.6. The van der Waals surface area contributed by atoms with E-state index in [0.717, 1.165) is 19.6 Å². The molecule has 0 fully saturated rings. The second-order valence-corrected chi connectivity index (χ2v) is 4.41. The van der Waals surface area contributed by atoms with E-state index >= 15 is 0 Å². The van der Waals surface area contributed by atoms with Gasteiger partial charge in [-0.3, -0.25) is 0 Å². The Hall–Kier alpha value is -0.930. The predicted octanol–water partition coefficient (Wildman–Crippen LogP) is 3.68. The second kappa shape index (κ2) is 9.06. The summed E-state index contributed by atoms with van der Waals surface area (Å²) in [5.74, 6) is -0.166. The number of hydrogen-bond acceptors (Lipinski definition) is 2. The number of benzene rings is 1. The molecule has 0 saturated carbocycles. The van der Waals surface area contributed by atoms with E-state index in [1.54, 1.807) is 6.07 Å². The quantitative estimate of drug-likeness (QED) is 0.678. The van der Waals surface area contributed by atoms with Gasteiger partial charge in [-0.15, -0.1) is 0 Å². The van der Waals surface area contributed by atoms with Gasteiger partial charge in [0.25, 0.3) is 0 Å². The van der Waals surface area contributed by atoms with Gasteiger partial charge >= 0.3 is 0 Å². The van der Waals surface area contributed by atoms with Crippen LogP contribution in [-0.4, -0.2) is 19.8 Å². The summed E-state index contributed by atoms with van der Waals surface area (Å²) in [7, 11) is 0. The molecule has 0 spiro atoms. The third kappa shape index (κ3) is 5.15. The molecule has 0 aliphatic carbocycles. The Bertz CT molecular complexity index is 330. The lowest BCUT2D eigenvalue weighted by atomic mass is 10.1. The number of rotatable bonds is 9. The molecule has 1 aromatic rings. The Balaban J connectivity index is 2.47. The fraction of sp³-hybridized carbons (Fsp3) is 0.600. The molecule has 1 unspecified atom stereocenters. The van der Waals surface area contributed by atoms with Crippen LogP contribution in [0.25, 0.3) is 0 Å². The number of likely N-dealkylation sites (N-methyl/N-ethyl adjacent to an activating group) is 1. The molecule has 0 bridgehead atoms. The molecule has 0 saturated heterocycles. The molecule has 0 aliphatic heterocycles. The van der Waals surface area contributed by atoms with Gasteiger partial charge in [0.15, 0.2) is 0 Å². The van der Waals surface area contributed by atoms with Gasteiger partial charge in [-0.25, -0.2) is 4.39 Å². The van der Waals surface area contributed by atoms with Gasteiger partial charge in [0.05, 0.1) is 12.6 Å². The van der Waals surface area contributed by atoms with E-state index in [0.29, 0.717) is 12.2 Å². The number of ether oxygens (including phenoxy) is 1. The molecule has 0 heterocycles. The minimum atomic E-state index is -0.166. The van der Waals surface area contributed by atoms with Gasteiger partial charge in [0.1, 0.15) is 5.82 Å². The van der Waals surface area contributed by atoms with Crippen molar-refractivity contribution in [3.8, 4) is 0 Å². The van der Waals surface area contributed by atoms with Crippen molar-refractivity contribution < 1.29 is 9.13 Å². The Morgan fingerprint density at radius 2 is 2.00 bits per heavy atom. The van der Waals surface area contributed by atoms with E-state index < -0.39 is 0 Å². The van der Waals surface area contributed by atoms with Crippen molar-refractivity contribution in [3.63, 3.8) is 0 Å². The first-order chi connectivity index (χ1) is 8.79. The molecule has 1 rings (SSSR count). The van der Waals surface area contributed by atoms with Crippen molar-refractivity contribution in [2.24, 2.45) is 0 Å². The minimum Gasteiger partial charge on any atom is -0.379 e. The van der Waals surface area contributed by atoms with Crippen molar-refractivity contribution >= 4 is 0 Å². The Morgan fingerprint density at radius 3 is 2.67 bits per heavy atom. The fourth-order valence-corrected chi connectivity index (χ4v) is 1.92. The van der Waals surface area contributed by atoms with Crippen LogP contribution in [0.4, 0.5) is 4.39 Å². The first kappa shape index (κ1) is 15.1. The van der Waals surface area contributed by atoms with Crippen molar-refractivity contribution in [2.75, 3.05) is 19.8 Å². The predicted molar refractivity (Wildman–Crippen MR) is 73.2 cm³/mol. The van der Waals surface area contributed by atoms with E-state index in [1.165, 1.54) is 18.9 Å². The molecule has 3 heteroatoms. The lowest BCUT2D eigenvalue weighted by Gasteiger charge is -2.19. The summed E-state index contributed by atoms with van der Waals surface area (Å²) in [6.07, 6.45) is 3.45. The van der Waals surface area contributed by atoms with Crippen molar-refractivity contribution in [2.45, 2.75) is 39.2 Å². The number of halogens is 1. The fourth-order valence-electron chi connectivity index (χ4n) is 1.92. The van der Waals surface area contributed by atoms with Crippen LogP contribution >= 0.6 is 0 Å². The Labute approximate surface area is 110 Å². The molecule has 1 N–H and O–H groups in total. The smallest absolute Gasteiger partial charge is 0.128 e. The molecule has 1 atom stereocenters. The van der Waals surface area contributed by atoms with Crippen LogP contribution in [-0.2, 0) is 4.74 Å². The first-order valence-corrected chi connectivity index (χ1v) is 6.85. The Morgan fingerprint density at radius 1 is 1.22 bits per heavy atom. The molecule has 0 aliphatic rings. The zero-order chi connectivity index (χ0) is 13.2. The lowest BCUT2D eigenvalue weighted by molar-refractivity contribution is 0.107. The molecular formula is C15H24FNO. The third-order valence-corrected chi connectivity index (χ3v) is 2.91. The van der Waals surface area contributed by atoms with Crippen molar-refractivity contribution in [3.05, 3.63) is 35.6 Å².